The van der Waals surface area contributed by atoms with Gasteiger partial charge in [0.05, 0.1) is 11.3 Å². The van der Waals surface area contributed by atoms with Crippen LogP contribution in [-0.4, -0.2) is 35.7 Å². The first-order chi connectivity index (χ1) is 20.5. The summed E-state index contributed by atoms with van der Waals surface area (Å²) in [6, 6.07) is 39.3. The zero-order chi connectivity index (χ0) is 29.1. The number of fused-ring (bicyclic) bond motifs is 3. The van der Waals surface area contributed by atoms with Crippen molar-refractivity contribution < 1.29 is 19.4 Å². The van der Waals surface area contributed by atoms with E-state index in [4.69, 9.17) is 4.74 Å². The number of carboxylic acids is 1. The molecule has 0 radical (unpaired) electrons. The number of carbonyl (C=O) groups excluding carboxylic acids is 1. The van der Waals surface area contributed by atoms with Gasteiger partial charge in [-0.25, -0.2) is 9.59 Å². The van der Waals surface area contributed by atoms with Crippen LogP contribution in [0.1, 0.15) is 33.0 Å². The molecule has 208 valence electrons. The lowest BCUT2D eigenvalue weighted by molar-refractivity contribution is 0.0698. The molecule has 6 nitrogen and oxygen atoms in total. The van der Waals surface area contributed by atoms with Gasteiger partial charge in [0.25, 0.3) is 0 Å². The van der Waals surface area contributed by atoms with Crippen LogP contribution < -0.4 is 5.32 Å². The van der Waals surface area contributed by atoms with E-state index in [2.05, 4.69) is 35.6 Å². The van der Waals surface area contributed by atoms with Gasteiger partial charge >= 0.3 is 12.1 Å². The molecule has 0 unspecified atom stereocenters. The summed E-state index contributed by atoms with van der Waals surface area (Å²) in [5.74, 6) is -0.956. The molecule has 0 saturated carbocycles. The number of ether oxygens (including phenoxy) is 1. The summed E-state index contributed by atoms with van der Waals surface area (Å²) in [6.07, 6.45) is -0.362. The number of para-hydroxylation sites is 1. The Morgan fingerprint density at radius 1 is 0.762 bits per heavy atom. The van der Waals surface area contributed by atoms with Gasteiger partial charge in [0.1, 0.15) is 6.61 Å². The molecule has 1 aliphatic rings. The number of hydrogen-bond acceptors (Lipinski definition) is 4. The third kappa shape index (κ3) is 5.47. The van der Waals surface area contributed by atoms with Crippen molar-refractivity contribution in [3.05, 3.63) is 144 Å². The average molecular weight is 555 g/mol. The molecular weight excluding hydrogens is 524 g/mol. The van der Waals surface area contributed by atoms with Gasteiger partial charge in [-0.3, -0.25) is 0 Å². The van der Waals surface area contributed by atoms with Crippen molar-refractivity contribution >= 4 is 23.4 Å². The third-order valence-corrected chi connectivity index (χ3v) is 7.65. The maximum absolute atomic E-state index is 13.0. The van der Waals surface area contributed by atoms with Crippen LogP contribution in [0.4, 0.5) is 16.2 Å². The maximum atomic E-state index is 13.0. The van der Waals surface area contributed by atoms with Crippen molar-refractivity contribution in [2.45, 2.75) is 12.5 Å². The topological polar surface area (TPSA) is 78.9 Å². The lowest BCUT2D eigenvalue weighted by Crippen LogP contribution is -2.28. The quantitative estimate of drug-likeness (QED) is 0.202. The SMILES string of the molecule is CN(Cc1cccc(-c2ccc(Nc3ccccc3C(=O)O)cc2)c1)C(=O)OCC1c2ccccc2-c2ccccc21. The van der Waals surface area contributed by atoms with E-state index in [-0.39, 0.29) is 24.2 Å². The smallest absolute Gasteiger partial charge is 0.409 e. The van der Waals surface area contributed by atoms with E-state index < -0.39 is 5.97 Å². The lowest BCUT2D eigenvalue weighted by atomic mass is 9.98. The van der Waals surface area contributed by atoms with Crippen LogP contribution in [0.5, 0.6) is 0 Å². The van der Waals surface area contributed by atoms with Crippen LogP contribution >= 0.6 is 0 Å². The lowest BCUT2D eigenvalue weighted by Gasteiger charge is -2.20. The highest BCUT2D eigenvalue weighted by Gasteiger charge is 2.29. The zero-order valence-electron chi connectivity index (χ0n) is 23.2. The number of carboxylic acid groups (broad SMARTS) is 1. The van der Waals surface area contributed by atoms with E-state index in [0.29, 0.717) is 12.2 Å². The van der Waals surface area contributed by atoms with Gasteiger partial charge in [-0.05, 0) is 69.3 Å². The Balaban J connectivity index is 1.09. The molecule has 42 heavy (non-hydrogen) atoms. The molecule has 0 bridgehead atoms. The van der Waals surface area contributed by atoms with Crippen molar-refractivity contribution in [2.75, 3.05) is 19.0 Å². The second-order valence-corrected chi connectivity index (χ2v) is 10.4. The fraction of sp³-hybridized carbons (Fsp3) is 0.111. The summed E-state index contributed by atoms with van der Waals surface area (Å²) < 4.78 is 5.82. The first-order valence-electron chi connectivity index (χ1n) is 13.8. The summed E-state index contributed by atoms with van der Waals surface area (Å²) >= 11 is 0. The van der Waals surface area contributed by atoms with E-state index in [1.54, 1.807) is 36.2 Å². The van der Waals surface area contributed by atoms with E-state index in [1.807, 2.05) is 66.7 Å². The number of rotatable bonds is 8. The van der Waals surface area contributed by atoms with Crippen molar-refractivity contribution in [1.82, 2.24) is 4.90 Å². The monoisotopic (exact) mass is 554 g/mol. The minimum absolute atomic E-state index is 0.0214. The van der Waals surface area contributed by atoms with Crippen molar-refractivity contribution in [1.29, 1.82) is 0 Å². The van der Waals surface area contributed by atoms with Crippen molar-refractivity contribution in [3.8, 4) is 22.3 Å². The zero-order valence-corrected chi connectivity index (χ0v) is 23.2. The molecule has 5 aromatic carbocycles. The third-order valence-electron chi connectivity index (χ3n) is 7.65. The van der Waals surface area contributed by atoms with Gasteiger partial charge in [0.15, 0.2) is 0 Å². The highest BCUT2D eigenvalue weighted by atomic mass is 16.6. The Labute approximate surface area is 244 Å². The van der Waals surface area contributed by atoms with Crippen LogP contribution in [0, 0.1) is 0 Å². The van der Waals surface area contributed by atoms with Gasteiger partial charge in [0, 0.05) is 25.2 Å². The van der Waals surface area contributed by atoms with E-state index in [9.17, 15) is 14.7 Å². The van der Waals surface area contributed by atoms with Crippen LogP contribution in [0.15, 0.2) is 121 Å². The van der Waals surface area contributed by atoms with E-state index in [0.717, 1.165) is 22.4 Å². The Hall–Kier alpha value is -5.36. The number of aromatic carboxylic acids is 1. The van der Waals surface area contributed by atoms with Gasteiger partial charge in [-0.1, -0.05) is 91.0 Å². The largest absolute Gasteiger partial charge is 0.478 e. The van der Waals surface area contributed by atoms with Gasteiger partial charge in [0.2, 0.25) is 0 Å². The summed E-state index contributed by atoms with van der Waals surface area (Å²) in [7, 11) is 1.75. The van der Waals surface area contributed by atoms with Crippen LogP contribution in [0.2, 0.25) is 0 Å². The summed E-state index contributed by atoms with van der Waals surface area (Å²) in [4.78, 5) is 26.1. The molecule has 1 amide bonds. The fourth-order valence-electron chi connectivity index (χ4n) is 5.57. The summed E-state index contributed by atoms with van der Waals surface area (Å²) in [5.41, 5.74) is 9.35. The standard InChI is InChI=1S/C36H30N2O4/c1-38(36(41)42-23-33-30-13-4-2-11-28(30)29-12-3-5-14-31(29)33)22-24-9-8-10-26(21-24)25-17-19-27(20-18-25)37-34-16-7-6-15-32(34)35(39)40/h2-21,33,37H,22-23H2,1H3,(H,39,40). The van der Waals surface area contributed by atoms with Crippen molar-refractivity contribution in [2.24, 2.45) is 0 Å². The number of nitrogens with zero attached hydrogens (tertiary/aromatic N) is 1. The minimum Gasteiger partial charge on any atom is -0.478 e. The van der Waals surface area contributed by atoms with Gasteiger partial charge < -0.3 is 20.1 Å². The van der Waals surface area contributed by atoms with Gasteiger partial charge in [-0.2, -0.15) is 0 Å². The molecular formula is C36H30N2O4. The molecule has 6 heteroatoms. The highest BCUT2D eigenvalue weighted by molar-refractivity contribution is 5.95. The first-order valence-corrected chi connectivity index (χ1v) is 13.8. The Morgan fingerprint density at radius 2 is 1.40 bits per heavy atom. The second-order valence-electron chi connectivity index (χ2n) is 10.4. The molecule has 1 aliphatic carbocycles. The van der Waals surface area contributed by atoms with E-state index in [1.165, 1.54) is 22.3 Å². The molecule has 5 aromatic rings. The molecule has 0 fully saturated rings. The van der Waals surface area contributed by atoms with Crippen LogP contribution in [0.25, 0.3) is 22.3 Å². The minimum atomic E-state index is -0.977. The molecule has 6 rings (SSSR count). The molecule has 2 N–H and O–H groups in total. The maximum Gasteiger partial charge on any atom is 0.409 e. The number of hydrogen-bond donors (Lipinski definition) is 2. The fourth-order valence-corrected chi connectivity index (χ4v) is 5.57. The molecule has 0 saturated heterocycles. The Morgan fingerprint density at radius 3 is 2.10 bits per heavy atom. The molecule has 0 spiro atoms. The number of anilines is 2. The summed E-state index contributed by atoms with van der Waals surface area (Å²) in [5, 5.41) is 12.6. The number of nitrogens with one attached hydrogen (secondary N) is 1. The number of benzene rings is 5. The Bertz CT molecular complexity index is 1720. The molecule has 0 heterocycles. The second kappa shape index (κ2) is 11.6. The predicted molar refractivity (Wildman–Crippen MR) is 165 cm³/mol. The number of carbonyl (C=O) groups is 2. The van der Waals surface area contributed by atoms with Crippen LogP contribution in [0.3, 0.4) is 0 Å². The number of amides is 1. The van der Waals surface area contributed by atoms with E-state index >= 15 is 0 Å². The van der Waals surface area contributed by atoms with Crippen molar-refractivity contribution in [3.63, 3.8) is 0 Å². The summed E-state index contributed by atoms with van der Waals surface area (Å²) in [6.45, 7) is 0.699. The molecule has 0 aromatic heterocycles. The molecule has 0 aliphatic heterocycles. The molecule has 0 atom stereocenters. The predicted octanol–water partition coefficient (Wildman–Crippen LogP) is 8.18. The Kier molecular flexibility index (Phi) is 7.43. The van der Waals surface area contributed by atoms with Gasteiger partial charge in [-0.15, -0.1) is 0 Å². The van der Waals surface area contributed by atoms with Crippen LogP contribution in [-0.2, 0) is 11.3 Å². The first kappa shape index (κ1) is 26.8. The highest BCUT2D eigenvalue weighted by Crippen LogP contribution is 2.44. The average Bonchev–Trinajstić information content (AvgIpc) is 3.34. The normalized spacial score (nSPS) is 11.8.